The minimum atomic E-state index is -0.949. The molecule has 20 heavy (non-hydrogen) atoms. The fourth-order valence-electron chi connectivity index (χ4n) is 1.63. The van der Waals surface area contributed by atoms with Crippen LogP contribution in [0.2, 0.25) is 0 Å². The second-order valence-electron chi connectivity index (χ2n) is 4.62. The molecule has 0 aliphatic heterocycles. The minimum absolute atomic E-state index is 0.174. The molecule has 0 saturated heterocycles. The van der Waals surface area contributed by atoms with Gasteiger partial charge in [-0.3, -0.25) is 0 Å². The molecule has 0 saturated carbocycles. The number of rotatable bonds is 12. The predicted molar refractivity (Wildman–Crippen MR) is 84.2 cm³/mol. The van der Waals surface area contributed by atoms with E-state index in [1.807, 2.05) is 0 Å². The largest absolute Gasteiger partial charge is 0.550 e. The number of carbonyl (C=O) groups is 1. The van der Waals surface area contributed by atoms with E-state index in [0.717, 1.165) is 38.5 Å². The highest BCUT2D eigenvalue weighted by molar-refractivity contribution is 5.64. The van der Waals surface area contributed by atoms with Gasteiger partial charge in [-0.05, 0) is 51.4 Å². The average molecular weight is 275 g/mol. The van der Waals surface area contributed by atoms with Crippen LogP contribution >= 0.6 is 0 Å². The molecule has 0 spiro atoms. The van der Waals surface area contributed by atoms with Crippen LogP contribution in [0, 0.1) is 0 Å². The lowest BCUT2D eigenvalue weighted by molar-refractivity contribution is -0.305. The molecule has 0 unspecified atom stereocenters. The Bertz CT molecular complexity index is 335. The van der Waals surface area contributed by atoms with E-state index in [0.29, 0.717) is 6.42 Å². The van der Waals surface area contributed by atoms with Crippen molar-refractivity contribution in [3.8, 4) is 0 Å². The number of carbonyl (C=O) groups excluding carboxylic acids is 1. The number of hydrogen-bond donors (Lipinski definition) is 0. The van der Waals surface area contributed by atoms with E-state index in [-0.39, 0.29) is 6.42 Å². The molecule has 0 bridgehead atoms. The van der Waals surface area contributed by atoms with Crippen molar-refractivity contribution < 1.29 is 9.90 Å². The molecule has 0 aromatic carbocycles. The molecule has 0 amide bonds. The summed E-state index contributed by atoms with van der Waals surface area (Å²) in [5, 5.41) is 10.2. The van der Waals surface area contributed by atoms with Gasteiger partial charge in [-0.25, -0.2) is 0 Å². The van der Waals surface area contributed by atoms with Gasteiger partial charge in [0.15, 0.2) is 0 Å². The third kappa shape index (κ3) is 16.4. The van der Waals surface area contributed by atoms with Crippen molar-refractivity contribution in [1.29, 1.82) is 0 Å². The first kappa shape index (κ1) is 18.4. The van der Waals surface area contributed by atoms with Crippen molar-refractivity contribution in [2.45, 2.75) is 58.3 Å². The quantitative estimate of drug-likeness (QED) is 0.397. The summed E-state index contributed by atoms with van der Waals surface area (Å²) in [6, 6.07) is 0. The monoisotopic (exact) mass is 275 g/mol. The molecule has 2 nitrogen and oxygen atoms in total. The van der Waals surface area contributed by atoms with Gasteiger partial charge in [-0.1, -0.05) is 55.5 Å². The second kappa shape index (κ2) is 15.5. The number of carboxylic acids is 1. The van der Waals surface area contributed by atoms with Crippen molar-refractivity contribution in [1.82, 2.24) is 0 Å². The third-order valence-electron chi connectivity index (χ3n) is 2.72. The Morgan fingerprint density at radius 3 is 1.80 bits per heavy atom. The molecule has 0 rings (SSSR count). The Balaban J connectivity index is 3.38. The van der Waals surface area contributed by atoms with E-state index in [1.54, 1.807) is 0 Å². The van der Waals surface area contributed by atoms with Gasteiger partial charge in [0.05, 0.1) is 0 Å². The zero-order valence-corrected chi connectivity index (χ0v) is 12.6. The van der Waals surface area contributed by atoms with Gasteiger partial charge in [0, 0.05) is 5.97 Å². The smallest absolute Gasteiger partial charge is 0.0414 e. The predicted octanol–water partition coefficient (Wildman–Crippen LogP) is 4.10. The number of allylic oxidation sites excluding steroid dienone is 8. The standard InChI is InChI=1S/C18H28O2/c1-2-3-4-5-6-7-8-9-10-11-12-13-14-15-16-17-18(19)20/h3-4,6-7,9-10,12-13H,2,5,8,11,14-17H2,1H3,(H,19,20)/p-1/b4-3-,7-6-,10-9-,13-12-. The Hall–Kier alpha value is -1.57. The van der Waals surface area contributed by atoms with Crippen molar-refractivity contribution in [3.63, 3.8) is 0 Å². The molecule has 0 aliphatic rings. The molecule has 0 N–H and O–H groups in total. The van der Waals surface area contributed by atoms with Crippen LogP contribution in [0.25, 0.3) is 0 Å². The summed E-state index contributed by atoms with van der Waals surface area (Å²) >= 11 is 0. The molecule has 0 heterocycles. The summed E-state index contributed by atoms with van der Waals surface area (Å²) in [6.07, 6.45) is 24.1. The van der Waals surface area contributed by atoms with Gasteiger partial charge in [0.2, 0.25) is 0 Å². The van der Waals surface area contributed by atoms with Crippen LogP contribution < -0.4 is 5.11 Å². The Labute approximate surface area is 123 Å². The van der Waals surface area contributed by atoms with E-state index in [2.05, 4.69) is 55.5 Å². The maximum atomic E-state index is 10.2. The van der Waals surface area contributed by atoms with Crippen molar-refractivity contribution in [2.24, 2.45) is 0 Å². The Morgan fingerprint density at radius 2 is 1.30 bits per heavy atom. The lowest BCUT2D eigenvalue weighted by Gasteiger charge is -1.98. The molecule has 0 aromatic rings. The topological polar surface area (TPSA) is 40.1 Å². The summed E-state index contributed by atoms with van der Waals surface area (Å²) in [7, 11) is 0. The van der Waals surface area contributed by atoms with E-state index in [4.69, 9.17) is 0 Å². The first-order valence-electron chi connectivity index (χ1n) is 7.57. The van der Waals surface area contributed by atoms with Crippen molar-refractivity contribution in [3.05, 3.63) is 48.6 Å². The average Bonchev–Trinajstić information content (AvgIpc) is 2.43. The lowest BCUT2D eigenvalue weighted by atomic mass is 10.2. The van der Waals surface area contributed by atoms with Gasteiger partial charge in [-0.2, -0.15) is 0 Å². The number of unbranched alkanes of at least 4 members (excludes halogenated alkanes) is 2. The second-order valence-corrected chi connectivity index (χ2v) is 4.62. The SMILES string of the molecule is CC/C=C\C/C=C\C/C=C\C/C=C\CCCCC(=O)[O-]. The molecule has 0 atom stereocenters. The molecule has 112 valence electrons. The number of aliphatic carboxylic acids is 1. The van der Waals surface area contributed by atoms with Crippen LogP contribution in [0.1, 0.15) is 58.3 Å². The summed E-state index contributed by atoms with van der Waals surface area (Å²) in [5.41, 5.74) is 0. The van der Waals surface area contributed by atoms with Gasteiger partial charge in [-0.15, -0.1) is 0 Å². The van der Waals surface area contributed by atoms with E-state index in [9.17, 15) is 9.90 Å². The molecule has 0 radical (unpaired) electrons. The van der Waals surface area contributed by atoms with Crippen LogP contribution in [0.4, 0.5) is 0 Å². The molecule has 0 fully saturated rings. The number of hydrogen-bond acceptors (Lipinski definition) is 2. The molecule has 0 aromatic heterocycles. The minimum Gasteiger partial charge on any atom is -0.550 e. The summed E-state index contributed by atoms with van der Waals surface area (Å²) in [4.78, 5) is 10.2. The summed E-state index contributed by atoms with van der Waals surface area (Å²) < 4.78 is 0. The molecule has 2 heteroatoms. The zero-order valence-electron chi connectivity index (χ0n) is 12.6. The lowest BCUT2D eigenvalue weighted by Crippen LogP contribution is -2.21. The summed E-state index contributed by atoms with van der Waals surface area (Å²) in [5.74, 6) is -0.949. The maximum absolute atomic E-state index is 10.2. The van der Waals surface area contributed by atoms with Gasteiger partial charge in [0.1, 0.15) is 0 Å². The van der Waals surface area contributed by atoms with Crippen molar-refractivity contribution >= 4 is 5.97 Å². The normalized spacial score (nSPS) is 12.4. The van der Waals surface area contributed by atoms with E-state index >= 15 is 0 Å². The van der Waals surface area contributed by atoms with Gasteiger partial charge < -0.3 is 9.90 Å². The highest BCUT2D eigenvalue weighted by Crippen LogP contribution is 2.01. The van der Waals surface area contributed by atoms with Crippen LogP contribution in [0.3, 0.4) is 0 Å². The molecule has 0 aliphatic carbocycles. The van der Waals surface area contributed by atoms with E-state index < -0.39 is 5.97 Å². The van der Waals surface area contributed by atoms with Gasteiger partial charge in [0.25, 0.3) is 0 Å². The molecular weight excluding hydrogens is 248 g/mol. The highest BCUT2D eigenvalue weighted by Gasteiger charge is 1.86. The first-order valence-corrected chi connectivity index (χ1v) is 7.57. The molecular formula is C18H27O2-. The zero-order chi connectivity index (χ0) is 14.9. The number of carboxylic acid groups (broad SMARTS) is 1. The van der Waals surface area contributed by atoms with E-state index in [1.165, 1.54) is 0 Å². The highest BCUT2D eigenvalue weighted by atomic mass is 16.4. The van der Waals surface area contributed by atoms with Crippen LogP contribution in [-0.2, 0) is 4.79 Å². The summed E-state index contributed by atoms with van der Waals surface area (Å²) in [6.45, 7) is 2.14. The third-order valence-corrected chi connectivity index (χ3v) is 2.72. The van der Waals surface area contributed by atoms with Crippen LogP contribution in [0.5, 0.6) is 0 Å². The Kier molecular flexibility index (Phi) is 14.3. The van der Waals surface area contributed by atoms with Crippen molar-refractivity contribution in [2.75, 3.05) is 0 Å². The fourth-order valence-corrected chi connectivity index (χ4v) is 1.63. The Morgan fingerprint density at radius 1 is 0.800 bits per heavy atom. The maximum Gasteiger partial charge on any atom is 0.0414 e. The van der Waals surface area contributed by atoms with Crippen LogP contribution in [0.15, 0.2) is 48.6 Å². The van der Waals surface area contributed by atoms with Crippen LogP contribution in [-0.4, -0.2) is 5.97 Å². The first-order chi connectivity index (χ1) is 9.77. The fraction of sp³-hybridized carbons (Fsp3) is 0.500. The van der Waals surface area contributed by atoms with Gasteiger partial charge >= 0.3 is 0 Å².